The molecule has 1 N–H and O–H groups in total. The summed E-state index contributed by atoms with van der Waals surface area (Å²) in [7, 11) is -3.68. The molecule has 29 heavy (non-hydrogen) atoms. The number of hydrogen-bond donors (Lipinski definition) is 1. The predicted octanol–water partition coefficient (Wildman–Crippen LogP) is 2.57. The largest absolute Gasteiger partial charge is 0.452 e. The highest BCUT2D eigenvalue weighted by atomic mass is 32.2. The van der Waals surface area contributed by atoms with Crippen molar-refractivity contribution in [3.63, 3.8) is 0 Å². The van der Waals surface area contributed by atoms with Crippen molar-refractivity contribution in [2.24, 2.45) is 11.8 Å². The summed E-state index contributed by atoms with van der Waals surface area (Å²) in [5.41, 5.74) is 0.123. The summed E-state index contributed by atoms with van der Waals surface area (Å²) in [6.07, 6.45) is 5.10. The van der Waals surface area contributed by atoms with Crippen LogP contribution < -0.4 is 5.32 Å². The molecular formula is C21H30N2O5S. The number of esters is 1. The molecular weight excluding hydrogens is 392 g/mol. The molecule has 1 aromatic rings. The number of ether oxygens (including phenoxy) is 1. The van der Waals surface area contributed by atoms with E-state index in [-0.39, 0.29) is 29.0 Å². The monoisotopic (exact) mass is 422 g/mol. The number of amides is 1. The third-order valence-corrected chi connectivity index (χ3v) is 7.43. The minimum Gasteiger partial charge on any atom is -0.452 e. The van der Waals surface area contributed by atoms with E-state index in [1.807, 2.05) is 13.8 Å². The van der Waals surface area contributed by atoms with Crippen molar-refractivity contribution in [3.8, 4) is 0 Å². The summed E-state index contributed by atoms with van der Waals surface area (Å²) >= 11 is 0. The maximum Gasteiger partial charge on any atom is 0.338 e. The van der Waals surface area contributed by atoms with Gasteiger partial charge in [-0.25, -0.2) is 13.2 Å². The second kappa shape index (κ2) is 9.26. The third kappa shape index (κ3) is 5.57. The molecule has 0 unspecified atom stereocenters. The van der Waals surface area contributed by atoms with Crippen molar-refractivity contribution in [3.05, 3.63) is 29.8 Å². The third-order valence-electron chi connectivity index (χ3n) is 5.60. The first-order valence-electron chi connectivity index (χ1n) is 10.3. The van der Waals surface area contributed by atoms with Crippen molar-refractivity contribution >= 4 is 21.9 Å². The average molecular weight is 423 g/mol. The molecule has 0 aromatic heterocycles. The minimum atomic E-state index is -3.68. The van der Waals surface area contributed by atoms with E-state index in [1.54, 1.807) is 0 Å². The molecule has 2 fully saturated rings. The molecule has 160 valence electrons. The van der Waals surface area contributed by atoms with Gasteiger partial charge in [-0.05, 0) is 49.3 Å². The van der Waals surface area contributed by atoms with Gasteiger partial charge in [0.1, 0.15) is 0 Å². The van der Waals surface area contributed by atoms with E-state index < -0.39 is 16.0 Å². The molecule has 1 heterocycles. The van der Waals surface area contributed by atoms with Crippen molar-refractivity contribution in [1.82, 2.24) is 9.62 Å². The van der Waals surface area contributed by atoms with Crippen LogP contribution >= 0.6 is 0 Å². The molecule has 7 nitrogen and oxygen atoms in total. The summed E-state index contributed by atoms with van der Waals surface area (Å²) < 4.78 is 32.6. The molecule has 1 aliphatic heterocycles. The Morgan fingerprint density at radius 3 is 2.45 bits per heavy atom. The second-order valence-electron chi connectivity index (χ2n) is 8.42. The highest BCUT2D eigenvalue weighted by molar-refractivity contribution is 7.89. The lowest BCUT2D eigenvalue weighted by Crippen LogP contribution is -2.42. The lowest BCUT2D eigenvalue weighted by Gasteiger charge is -2.34. The molecule has 0 spiro atoms. The first-order valence-corrected chi connectivity index (χ1v) is 11.8. The van der Waals surface area contributed by atoms with Crippen molar-refractivity contribution in [1.29, 1.82) is 0 Å². The Morgan fingerprint density at radius 1 is 1.14 bits per heavy atom. The van der Waals surface area contributed by atoms with Crippen LogP contribution in [0.15, 0.2) is 29.2 Å². The van der Waals surface area contributed by atoms with Gasteiger partial charge >= 0.3 is 5.97 Å². The number of nitrogens with zero attached hydrogens (tertiary/aromatic N) is 1. The van der Waals surface area contributed by atoms with E-state index >= 15 is 0 Å². The zero-order chi connectivity index (χ0) is 21.0. The second-order valence-corrected chi connectivity index (χ2v) is 10.4. The smallest absolute Gasteiger partial charge is 0.338 e. The average Bonchev–Trinajstić information content (AvgIpc) is 3.18. The number of rotatable bonds is 6. The van der Waals surface area contributed by atoms with Crippen molar-refractivity contribution in [2.45, 2.75) is 56.9 Å². The molecule has 1 aliphatic carbocycles. The number of nitrogens with one attached hydrogen (secondary N) is 1. The van der Waals surface area contributed by atoms with Crippen LogP contribution in [0.5, 0.6) is 0 Å². The van der Waals surface area contributed by atoms with Gasteiger partial charge in [0, 0.05) is 19.1 Å². The maximum atomic E-state index is 13.0. The normalized spacial score (nSPS) is 23.7. The van der Waals surface area contributed by atoms with Crippen LogP contribution in [0.4, 0.5) is 0 Å². The first-order chi connectivity index (χ1) is 13.8. The molecule has 2 atom stereocenters. The van der Waals surface area contributed by atoms with E-state index in [2.05, 4.69) is 5.32 Å². The van der Waals surface area contributed by atoms with Gasteiger partial charge in [-0.2, -0.15) is 4.31 Å². The van der Waals surface area contributed by atoms with E-state index in [0.29, 0.717) is 24.9 Å². The summed E-state index contributed by atoms with van der Waals surface area (Å²) in [4.78, 5) is 24.3. The van der Waals surface area contributed by atoms with Gasteiger partial charge in [0.15, 0.2) is 6.61 Å². The number of piperidine rings is 1. The fourth-order valence-electron chi connectivity index (χ4n) is 4.29. The quantitative estimate of drug-likeness (QED) is 0.711. The standard InChI is InChI=1S/C21H30N2O5S/c1-15-10-16(2)13-23(12-15)29(26,27)19-9-5-6-17(11-19)21(25)28-14-20(24)22-18-7-3-4-8-18/h5-6,9,11,15-16,18H,3-4,7-8,10,12-14H2,1-2H3,(H,22,24)/t15-,16-/m1/s1. The summed E-state index contributed by atoms with van der Waals surface area (Å²) in [6.45, 7) is 4.67. The zero-order valence-corrected chi connectivity index (χ0v) is 17.9. The minimum absolute atomic E-state index is 0.0728. The summed E-state index contributed by atoms with van der Waals surface area (Å²) in [5, 5.41) is 2.85. The van der Waals surface area contributed by atoms with Crippen LogP contribution in [0.3, 0.4) is 0 Å². The highest BCUT2D eigenvalue weighted by Crippen LogP contribution is 2.27. The predicted molar refractivity (Wildman–Crippen MR) is 109 cm³/mol. The molecule has 1 saturated carbocycles. The number of sulfonamides is 1. The molecule has 1 amide bonds. The van der Waals surface area contributed by atoms with Crippen LogP contribution in [0, 0.1) is 11.8 Å². The first kappa shape index (κ1) is 21.8. The topological polar surface area (TPSA) is 92.8 Å². The molecule has 8 heteroatoms. The van der Waals surface area contributed by atoms with Gasteiger partial charge in [-0.15, -0.1) is 0 Å². The SMILES string of the molecule is C[C@@H]1C[C@@H](C)CN(S(=O)(=O)c2cccc(C(=O)OCC(=O)NC3CCCC3)c2)C1. The van der Waals surface area contributed by atoms with Crippen LogP contribution in [-0.2, 0) is 19.6 Å². The summed E-state index contributed by atoms with van der Waals surface area (Å²) in [6, 6.07) is 6.00. The van der Waals surface area contributed by atoms with Crippen LogP contribution in [-0.4, -0.2) is 50.3 Å². The van der Waals surface area contributed by atoms with Crippen molar-refractivity contribution in [2.75, 3.05) is 19.7 Å². The summed E-state index contributed by atoms with van der Waals surface area (Å²) in [5.74, 6) is -0.450. The van der Waals surface area contributed by atoms with E-state index in [1.165, 1.54) is 28.6 Å². The van der Waals surface area contributed by atoms with Gasteiger partial charge in [0.2, 0.25) is 10.0 Å². The molecule has 3 rings (SSSR count). The van der Waals surface area contributed by atoms with Crippen LogP contribution in [0.2, 0.25) is 0 Å². The fourth-order valence-corrected chi connectivity index (χ4v) is 6.01. The van der Waals surface area contributed by atoms with Gasteiger partial charge < -0.3 is 10.1 Å². The Balaban J connectivity index is 1.63. The maximum absolute atomic E-state index is 13.0. The number of carbonyl (C=O) groups is 2. The van der Waals surface area contributed by atoms with Crippen LogP contribution in [0.1, 0.15) is 56.3 Å². The lowest BCUT2D eigenvalue weighted by atomic mass is 9.94. The van der Waals surface area contributed by atoms with Gasteiger partial charge in [0.05, 0.1) is 10.5 Å². The van der Waals surface area contributed by atoms with Gasteiger partial charge in [-0.1, -0.05) is 32.8 Å². The molecule has 1 saturated heterocycles. The van der Waals surface area contributed by atoms with E-state index in [4.69, 9.17) is 4.74 Å². The molecule has 0 radical (unpaired) electrons. The van der Waals surface area contributed by atoms with Gasteiger partial charge in [0.25, 0.3) is 5.91 Å². The number of hydrogen-bond acceptors (Lipinski definition) is 5. The van der Waals surface area contributed by atoms with E-state index in [9.17, 15) is 18.0 Å². The van der Waals surface area contributed by atoms with Crippen molar-refractivity contribution < 1.29 is 22.7 Å². The molecule has 0 bridgehead atoms. The Morgan fingerprint density at radius 2 is 1.79 bits per heavy atom. The number of benzene rings is 1. The Kier molecular flexibility index (Phi) is 6.95. The lowest BCUT2D eigenvalue weighted by molar-refractivity contribution is -0.124. The fraction of sp³-hybridized carbons (Fsp3) is 0.619. The van der Waals surface area contributed by atoms with Gasteiger partial charge in [-0.3, -0.25) is 4.79 Å². The van der Waals surface area contributed by atoms with Crippen LogP contribution in [0.25, 0.3) is 0 Å². The Bertz CT molecular complexity index is 838. The number of carbonyl (C=O) groups excluding carboxylic acids is 2. The highest BCUT2D eigenvalue weighted by Gasteiger charge is 2.32. The van der Waals surface area contributed by atoms with E-state index in [0.717, 1.165) is 32.1 Å². The Labute approximate surface area is 172 Å². The zero-order valence-electron chi connectivity index (χ0n) is 17.1. The molecule has 1 aromatic carbocycles. The molecule has 2 aliphatic rings. The Hall–Kier alpha value is -1.93.